The van der Waals surface area contributed by atoms with Crippen LogP contribution in [0.2, 0.25) is 0 Å². The Morgan fingerprint density at radius 1 is 0.123 bits per heavy atom. The molecule has 0 fully saturated rings. The van der Waals surface area contributed by atoms with Crippen LogP contribution in [0.1, 0.15) is 0 Å². The molecule has 0 saturated carbocycles. The third-order valence-electron chi connectivity index (χ3n) is 17.0. The zero-order valence-electron chi connectivity index (χ0n) is 46.6. The standard InChI is InChI=1S/B80S/c1-42(2)62(41-81)72(61(39)40)77(71(59(35)36)60(37)38)80(78(73(63(43(3)4)44(5)6)64(45(7)8)46(9)10)74(65(47(11)12)48(13)14)66(49(15)16)50(17)18)79(75(67(51(19)20)52(21)22)68(53(23)24)54(25)26)76(69(55(27)28)56(29)30)70(57(31)32)58(33)34. The van der Waals surface area contributed by atoms with Gasteiger partial charge in [0.25, 0.3) is 0 Å². The van der Waals surface area contributed by atoms with Gasteiger partial charge in [-0.1, -0.05) is 0 Å². The average molecular weight is 897 g/mol. The van der Waals surface area contributed by atoms with Gasteiger partial charge in [-0.3, -0.25) is 0 Å². The number of hydrogen-bond acceptors (Lipinski definition) is 1. The van der Waals surface area contributed by atoms with E-state index >= 15 is 0 Å². The van der Waals surface area contributed by atoms with Crippen LogP contribution in [0.25, 0.3) is 0 Å². The Morgan fingerprint density at radius 2 is 0.210 bits per heavy atom. The van der Waals surface area contributed by atoms with E-state index in [4.69, 9.17) is 322 Å². The minimum absolute atomic E-state index is 1.17. The van der Waals surface area contributed by atoms with E-state index in [0.717, 1.165) is 0 Å². The Bertz CT molecular complexity index is 1290. The van der Waals surface area contributed by atoms with Crippen molar-refractivity contribution in [3.63, 3.8) is 0 Å². The summed E-state index contributed by atoms with van der Waals surface area (Å²) in [6.45, 7) is 0. The van der Waals surface area contributed by atoms with E-state index in [1.165, 1.54) is 6.05 Å². The molecular formula is B80S. The topological polar surface area (TPSA) is 0 Å². The first kappa shape index (κ1) is 86.4. The summed E-state index contributed by atoms with van der Waals surface area (Å²) in [4.78, 5) is 0. The van der Waals surface area contributed by atoms with Gasteiger partial charge >= 0.3 is 577 Å². The fourth-order valence-corrected chi connectivity index (χ4v) is 14.7. The Balaban J connectivity index is 12.8. The Labute approximate surface area is 570 Å². The molecule has 0 nitrogen and oxygen atoms in total. The molecule has 0 amide bonds. The normalized spacial score (nSPS) is 9.73. The summed E-state index contributed by atoms with van der Waals surface area (Å²) in [5.74, 6) is 0. The molecule has 81 heavy (non-hydrogen) atoms. The van der Waals surface area contributed by atoms with Crippen molar-refractivity contribution in [1.82, 2.24) is 0 Å². The van der Waals surface area contributed by atoms with Gasteiger partial charge in [0, 0.05) is 0 Å². The first-order valence-electron chi connectivity index (χ1n) is 26.6. The molecule has 80 radical (unpaired) electrons. The first-order valence-corrected chi connectivity index (χ1v) is 27.0. The fraction of sp³-hybridized carbons (Fsp3) is 0. The molecule has 0 aromatic heterocycles. The van der Waals surface area contributed by atoms with Gasteiger partial charge < -0.3 is 0 Å². The molecule has 0 bridgehead atoms. The minimum atomic E-state index is -1.92. The maximum atomic E-state index is 7.08. The quantitative estimate of drug-likeness (QED) is 0.0554. The van der Waals surface area contributed by atoms with Crippen LogP contribution in [0.4, 0.5) is 0 Å². The molecular weight excluding hydrogens is 897 g/mol. The Hall–Kier alpha value is 5.41. The fourth-order valence-electron chi connectivity index (χ4n) is 14.3. The second kappa shape index (κ2) is 40.0. The summed E-state index contributed by atoms with van der Waals surface area (Å²) >= 11 is 5.74. The first-order chi connectivity index (χ1) is 36.9. The third-order valence-corrected chi connectivity index (χ3v) is 17.4. The van der Waals surface area contributed by atoms with Gasteiger partial charge in [0.2, 0.25) is 0 Å². The van der Waals surface area contributed by atoms with Crippen LogP contribution in [0, 0.1) is 0 Å². The van der Waals surface area contributed by atoms with E-state index in [9.17, 15) is 0 Å². The molecule has 0 unspecified atom stereocenters. The summed E-state index contributed by atoms with van der Waals surface area (Å²) in [6, 6.07) is 1.17. The van der Waals surface area contributed by atoms with Gasteiger partial charge in [-0.25, -0.2) is 0 Å². The summed E-state index contributed by atoms with van der Waals surface area (Å²) in [5, 5.41) is 0. The van der Waals surface area contributed by atoms with Crippen molar-refractivity contribution >= 4 is 577 Å². The van der Waals surface area contributed by atoms with E-state index in [1.807, 2.05) is 0 Å². The number of rotatable bonds is 39. The molecule has 0 spiro atoms. The molecule has 0 saturated heterocycles. The molecule has 81 heteroatoms. The Kier molecular flexibility index (Phi) is 42.6. The van der Waals surface area contributed by atoms with Crippen molar-refractivity contribution in [1.29, 1.82) is 0 Å². The molecule has 0 aliphatic carbocycles. The van der Waals surface area contributed by atoms with E-state index in [2.05, 4.69) is 0 Å². The molecule has 0 N–H and O–H groups in total. The van der Waals surface area contributed by atoms with Crippen molar-refractivity contribution in [3.05, 3.63) is 0 Å². The SMILES string of the molecule is [B]B([B])B(B=S)B(B([B])[B])B(B(B([B])[B])B([B])[B])B(B(B(B(B([B])[B])B([B])[B])B(B([B])[B])B([B])[B])B(B(B([B])[B])B([B])[B])B(B([B])[B])B([B])[B])B(B(B(B([B])[B])B([B])[B])B(B([B])[B])B([B])[B])B(B(B([B])[B])B([B])[B])B(B([B])[B])B([B])[B]. The molecule has 246 valence electrons. The predicted octanol–water partition coefficient (Wildman–Crippen LogP) is -29.8. The van der Waals surface area contributed by atoms with Crippen molar-refractivity contribution < 1.29 is 0 Å². The van der Waals surface area contributed by atoms with Gasteiger partial charge in [0.15, 0.2) is 0 Å². The van der Waals surface area contributed by atoms with Crippen LogP contribution in [0.5, 0.6) is 0 Å². The molecule has 0 aromatic rings. The number of hydrogen-bond donors (Lipinski definition) is 0. The van der Waals surface area contributed by atoms with Gasteiger partial charge in [-0.05, 0) is 0 Å². The van der Waals surface area contributed by atoms with Crippen LogP contribution in [0.3, 0.4) is 0 Å². The predicted molar refractivity (Wildman–Crippen MR) is 468 cm³/mol. The summed E-state index contributed by atoms with van der Waals surface area (Å²) in [7, 11) is 276. The average Bonchev–Trinajstić information content (AvgIpc) is 3.24. The van der Waals surface area contributed by atoms with Crippen molar-refractivity contribution in [2.75, 3.05) is 0 Å². The van der Waals surface area contributed by atoms with Crippen molar-refractivity contribution in [2.24, 2.45) is 0 Å². The Morgan fingerprint density at radius 3 is 0.284 bits per heavy atom. The maximum absolute atomic E-state index is 7.08. The van der Waals surface area contributed by atoms with Crippen molar-refractivity contribution in [3.8, 4) is 0 Å². The van der Waals surface area contributed by atoms with Gasteiger partial charge in [0.05, 0.1) is 0 Å². The molecule has 0 rings (SSSR count). The van der Waals surface area contributed by atoms with Gasteiger partial charge in [-0.2, -0.15) is 0 Å². The molecule has 0 aliphatic rings. The van der Waals surface area contributed by atoms with E-state index in [0.29, 0.717) is 0 Å². The van der Waals surface area contributed by atoms with E-state index < -0.39 is 249 Å². The summed E-state index contributed by atoms with van der Waals surface area (Å²) in [5.41, 5.74) is 0. The van der Waals surface area contributed by atoms with Gasteiger partial charge in [0.1, 0.15) is 0 Å². The zero-order chi connectivity index (χ0) is 64.2. The van der Waals surface area contributed by atoms with Crippen molar-refractivity contribution in [2.45, 2.75) is 0 Å². The molecule has 0 heterocycles. The monoisotopic (exact) mass is 913 g/mol. The van der Waals surface area contributed by atoms with Crippen LogP contribution in [0.15, 0.2) is 0 Å². The van der Waals surface area contributed by atoms with Crippen LogP contribution in [-0.2, 0) is 0 Å². The molecule has 0 aliphatic heterocycles. The third kappa shape index (κ3) is 23.4. The van der Waals surface area contributed by atoms with Crippen LogP contribution >= 0.6 is 12.1 Å². The second-order valence-corrected chi connectivity index (χ2v) is 22.9. The molecule has 0 atom stereocenters. The van der Waals surface area contributed by atoms with Crippen LogP contribution in [-0.4, -0.2) is 565 Å². The zero-order valence-corrected chi connectivity index (χ0v) is 47.4. The summed E-state index contributed by atoms with van der Waals surface area (Å²) in [6.07, 6.45) is -65.0. The van der Waals surface area contributed by atoms with E-state index in [1.54, 1.807) is 0 Å². The van der Waals surface area contributed by atoms with Gasteiger partial charge in [-0.15, -0.1) is 0 Å². The second-order valence-electron chi connectivity index (χ2n) is 22.7. The molecule has 0 aromatic carbocycles. The summed E-state index contributed by atoms with van der Waals surface area (Å²) < 4.78 is 0. The van der Waals surface area contributed by atoms with Crippen LogP contribution < -0.4 is 0 Å². The van der Waals surface area contributed by atoms with E-state index in [-0.39, 0.29) is 0 Å².